The molecule has 2 rings (SSSR count). The third kappa shape index (κ3) is 3.44. The van der Waals surface area contributed by atoms with Gasteiger partial charge in [0.15, 0.2) is 0 Å². The monoisotopic (exact) mass is 265 g/mol. The fourth-order valence-electron chi connectivity index (χ4n) is 2.17. The molecule has 1 aliphatic rings. The first-order chi connectivity index (χ1) is 8.49. The Morgan fingerprint density at radius 3 is 2.67 bits per heavy atom. The highest BCUT2D eigenvalue weighted by Crippen LogP contribution is 2.29. The summed E-state index contributed by atoms with van der Waals surface area (Å²) in [6.45, 7) is 7.94. The topological polar surface area (TPSA) is 32.3 Å². The van der Waals surface area contributed by atoms with Crippen LogP contribution in [0.1, 0.15) is 36.9 Å². The van der Waals surface area contributed by atoms with Gasteiger partial charge < -0.3 is 10.4 Å². The highest BCUT2D eigenvalue weighted by molar-refractivity contribution is 7.12. The molecule has 0 fully saturated rings. The van der Waals surface area contributed by atoms with Crippen molar-refractivity contribution in [1.82, 2.24) is 5.32 Å². The van der Waals surface area contributed by atoms with Crippen LogP contribution in [0, 0.1) is 5.92 Å². The van der Waals surface area contributed by atoms with E-state index in [0.717, 1.165) is 13.0 Å². The molecule has 100 valence electrons. The lowest BCUT2D eigenvalue weighted by Crippen LogP contribution is -2.25. The van der Waals surface area contributed by atoms with Crippen LogP contribution in [0.2, 0.25) is 0 Å². The van der Waals surface area contributed by atoms with E-state index in [0.29, 0.717) is 12.0 Å². The molecule has 2 nitrogen and oxygen atoms in total. The molecule has 3 heteroatoms. The lowest BCUT2D eigenvalue weighted by molar-refractivity contribution is 0.246. The maximum atomic E-state index is 9.08. The van der Waals surface area contributed by atoms with Gasteiger partial charge in [-0.25, -0.2) is 0 Å². The molecule has 0 amide bonds. The molecule has 0 aromatic carbocycles. The summed E-state index contributed by atoms with van der Waals surface area (Å²) in [6.07, 6.45) is 5.32. The molecule has 0 saturated carbocycles. The Morgan fingerprint density at radius 1 is 1.33 bits per heavy atom. The Hall–Kier alpha value is -0.640. The van der Waals surface area contributed by atoms with E-state index >= 15 is 0 Å². The average Bonchev–Trinajstić information content (AvgIpc) is 2.94. The van der Waals surface area contributed by atoms with E-state index in [2.05, 4.69) is 50.4 Å². The first kappa shape index (κ1) is 13.8. The van der Waals surface area contributed by atoms with E-state index in [-0.39, 0.29) is 12.0 Å². The summed E-state index contributed by atoms with van der Waals surface area (Å²) in [4.78, 5) is 2.83. The first-order valence-corrected chi connectivity index (χ1v) is 7.42. The second kappa shape index (κ2) is 5.55. The van der Waals surface area contributed by atoms with Gasteiger partial charge in [-0.2, -0.15) is 0 Å². The molecule has 1 aromatic heterocycles. The lowest BCUT2D eigenvalue weighted by atomic mass is 9.95. The number of aliphatic hydroxyl groups excluding tert-OH is 1. The third-order valence-corrected chi connectivity index (χ3v) is 4.86. The first-order valence-electron chi connectivity index (χ1n) is 6.61. The molecule has 0 spiro atoms. The molecule has 0 radical (unpaired) electrons. The van der Waals surface area contributed by atoms with E-state index in [9.17, 15) is 0 Å². The molecule has 0 aliphatic heterocycles. The minimum Gasteiger partial charge on any atom is -0.396 e. The zero-order valence-electron chi connectivity index (χ0n) is 11.4. The highest BCUT2D eigenvalue weighted by atomic mass is 32.1. The minimum atomic E-state index is 0.248. The van der Waals surface area contributed by atoms with E-state index in [1.54, 1.807) is 0 Å². The maximum absolute atomic E-state index is 9.08. The van der Waals surface area contributed by atoms with Crippen LogP contribution in [0.25, 0.3) is 0 Å². The molecule has 1 aromatic rings. The van der Waals surface area contributed by atoms with Gasteiger partial charge in [0.25, 0.3) is 0 Å². The fraction of sp³-hybridized carbons (Fsp3) is 0.600. The summed E-state index contributed by atoms with van der Waals surface area (Å²) in [5.74, 6) is 0.343. The van der Waals surface area contributed by atoms with Gasteiger partial charge in [0.2, 0.25) is 0 Å². The molecule has 18 heavy (non-hydrogen) atoms. The summed E-state index contributed by atoms with van der Waals surface area (Å²) in [7, 11) is 0. The van der Waals surface area contributed by atoms with Crippen LogP contribution in [0.4, 0.5) is 0 Å². The van der Waals surface area contributed by atoms with E-state index in [4.69, 9.17) is 5.11 Å². The minimum absolute atomic E-state index is 0.248. The summed E-state index contributed by atoms with van der Waals surface area (Å²) in [6, 6.07) is 4.88. The zero-order valence-corrected chi connectivity index (χ0v) is 12.3. The van der Waals surface area contributed by atoms with Gasteiger partial charge in [0, 0.05) is 34.9 Å². The maximum Gasteiger partial charge on any atom is 0.0494 e. The lowest BCUT2D eigenvalue weighted by Gasteiger charge is -2.15. The predicted octanol–water partition coefficient (Wildman–Crippen LogP) is 3.07. The van der Waals surface area contributed by atoms with Gasteiger partial charge in [0.05, 0.1) is 0 Å². The van der Waals surface area contributed by atoms with Crippen LogP contribution in [-0.2, 0) is 12.0 Å². The summed E-state index contributed by atoms with van der Waals surface area (Å²) in [5.41, 5.74) is 0.248. The van der Waals surface area contributed by atoms with Crippen molar-refractivity contribution in [3.05, 3.63) is 34.0 Å². The van der Waals surface area contributed by atoms with Gasteiger partial charge >= 0.3 is 0 Å². The Labute approximate surface area is 114 Å². The molecule has 0 saturated heterocycles. The number of aliphatic hydroxyl groups is 1. The van der Waals surface area contributed by atoms with Crippen molar-refractivity contribution >= 4 is 11.3 Å². The van der Waals surface area contributed by atoms with Crippen LogP contribution in [0.15, 0.2) is 24.3 Å². The van der Waals surface area contributed by atoms with Crippen molar-refractivity contribution in [2.75, 3.05) is 6.61 Å². The van der Waals surface area contributed by atoms with Gasteiger partial charge in [-0.05, 0) is 24.0 Å². The van der Waals surface area contributed by atoms with E-state index in [1.165, 1.54) is 9.75 Å². The Balaban J connectivity index is 1.84. The van der Waals surface area contributed by atoms with E-state index in [1.807, 2.05) is 11.3 Å². The molecule has 2 N–H and O–H groups in total. The van der Waals surface area contributed by atoms with Gasteiger partial charge in [-0.15, -0.1) is 11.3 Å². The Kier molecular flexibility index (Phi) is 4.25. The molecular weight excluding hydrogens is 242 g/mol. The van der Waals surface area contributed by atoms with Crippen molar-refractivity contribution in [1.29, 1.82) is 0 Å². The molecule has 0 unspecified atom stereocenters. The highest BCUT2D eigenvalue weighted by Gasteiger charge is 2.19. The summed E-state index contributed by atoms with van der Waals surface area (Å²) >= 11 is 1.89. The summed E-state index contributed by atoms with van der Waals surface area (Å²) in [5, 5.41) is 12.6. The van der Waals surface area contributed by atoms with Crippen molar-refractivity contribution in [3.8, 4) is 0 Å². The zero-order chi connectivity index (χ0) is 13.2. The quantitative estimate of drug-likeness (QED) is 0.820. The van der Waals surface area contributed by atoms with Crippen LogP contribution < -0.4 is 5.32 Å². The normalized spacial score (nSPS) is 23.8. The molecule has 1 heterocycles. The number of nitrogens with one attached hydrogen (secondary N) is 1. The SMILES string of the molecule is CC(C)(C)c1ccc(CN[C@@H]2C=C[C@H](CO)C2)s1. The Morgan fingerprint density at radius 2 is 2.11 bits per heavy atom. The number of thiophene rings is 1. The van der Waals surface area contributed by atoms with Crippen molar-refractivity contribution in [2.24, 2.45) is 5.92 Å². The van der Waals surface area contributed by atoms with Crippen LogP contribution in [0.3, 0.4) is 0 Å². The second-order valence-electron chi connectivity index (χ2n) is 6.07. The Bertz CT molecular complexity index is 416. The van der Waals surface area contributed by atoms with Crippen molar-refractivity contribution in [2.45, 2.75) is 45.2 Å². The second-order valence-corrected chi connectivity index (χ2v) is 7.23. The van der Waals surface area contributed by atoms with Gasteiger partial charge in [-0.3, -0.25) is 0 Å². The van der Waals surface area contributed by atoms with E-state index < -0.39 is 0 Å². The van der Waals surface area contributed by atoms with Gasteiger partial charge in [-0.1, -0.05) is 32.9 Å². The number of hydrogen-bond acceptors (Lipinski definition) is 3. The number of rotatable bonds is 4. The van der Waals surface area contributed by atoms with Gasteiger partial charge in [0.1, 0.15) is 0 Å². The van der Waals surface area contributed by atoms with Crippen LogP contribution >= 0.6 is 11.3 Å². The molecule has 0 bridgehead atoms. The fourth-order valence-corrected chi connectivity index (χ4v) is 3.19. The van der Waals surface area contributed by atoms with Crippen LogP contribution in [0.5, 0.6) is 0 Å². The number of hydrogen-bond donors (Lipinski definition) is 2. The predicted molar refractivity (Wildman–Crippen MR) is 78.0 cm³/mol. The third-order valence-electron chi connectivity index (χ3n) is 3.35. The van der Waals surface area contributed by atoms with Crippen LogP contribution in [-0.4, -0.2) is 17.8 Å². The van der Waals surface area contributed by atoms with Crippen molar-refractivity contribution in [3.63, 3.8) is 0 Å². The summed E-state index contributed by atoms with van der Waals surface area (Å²) < 4.78 is 0. The van der Waals surface area contributed by atoms with Crippen molar-refractivity contribution < 1.29 is 5.11 Å². The molecular formula is C15H23NOS. The average molecular weight is 265 g/mol. The standard InChI is InChI=1S/C15H23NOS/c1-15(2,3)14-7-6-13(18-14)9-16-12-5-4-11(8-12)10-17/h4-7,11-12,16-17H,8-10H2,1-3H3/t11-,12+/m0/s1. The molecule has 1 aliphatic carbocycles. The molecule has 2 atom stereocenters. The smallest absolute Gasteiger partial charge is 0.0494 e. The largest absolute Gasteiger partial charge is 0.396 e.